The molecule has 1 amide bonds. The summed E-state index contributed by atoms with van der Waals surface area (Å²) in [4.78, 5) is 12.1. The number of nitrogens with one attached hydrogen (secondary N) is 1. The summed E-state index contributed by atoms with van der Waals surface area (Å²) >= 11 is 0. The maximum Gasteiger partial charge on any atom is 0.251 e. The van der Waals surface area contributed by atoms with Gasteiger partial charge in [0.05, 0.1) is 19.8 Å². The third kappa shape index (κ3) is 4.79. The largest absolute Gasteiger partial charge is 0.497 e. The summed E-state index contributed by atoms with van der Waals surface area (Å²) in [6.45, 7) is 2.57. The first-order valence-electron chi connectivity index (χ1n) is 6.35. The monoisotopic (exact) mass is 266 g/mol. The zero-order valence-electron chi connectivity index (χ0n) is 11.7. The Kier molecular flexibility index (Phi) is 6.15. The third-order valence-corrected chi connectivity index (χ3v) is 2.77. The van der Waals surface area contributed by atoms with Crippen molar-refractivity contribution < 1.29 is 14.3 Å². The fourth-order valence-electron chi connectivity index (χ4n) is 1.89. The van der Waals surface area contributed by atoms with Crippen molar-refractivity contribution in [3.05, 3.63) is 23.8 Å². The van der Waals surface area contributed by atoms with Crippen LogP contribution in [0.5, 0.6) is 5.75 Å². The first-order valence-corrected chi connectivity index (χ1v) is 6.35. The van der Waals surface area contributed by atoms with Gasteiger partial charge in [-0.05, 0) is 18.6 Å². The Morgan fingerprint density at radius 2 is 2.11 bits per heavy atom. The fraction of sp³-hybridized carbons (Fsp3) is 0.500. The van der Waals surface area contributed by atoms with Crippen LogP contribution in [0.3, 0.4) is 0 Å². The van der Waals surface area contributed by atoms with Crippen LogP contribution < -0.4 is 15.8 Å². The number of hydrogen-bond acceptors (Lipinski definition) is 4. The normalized spacial score (nSPS) is 11.9. The van der Waals surface area contributed by atoms with Crippen molar-refractivity contribution in [2.75, 3.05) is 26.6 Å². The lowest BCUT2D eigenvalue weighted by Gasteiger charge is -2.17. The van der Waals surface area contributed by atoms with E-state index in [1.54, 1.807) is 32.4 Å². The Hall–Kier alpha value is -1.75. The highest BCUT2D eigenvalue weighted by molar-refractivity contribution is 5.95. The second-order valence-electron chi connectivity index (χ2n) is 4.41. The quantitative estimate of drug-likeness (QED) is 0.738. The Morgan fingerprint density at radius 3 is 2.68 bits per heavy atom. The molecule has 1 atom stereocenters. The lowest BCUT2D eigenvalue weighted by molar-refractivity contribution is 0.0891. The summed E-state index contributed by atoms with van der Waals surface area (Å²) in [5.74, 6) is 0.407. The second-order valence-corrected chi connectivity index (χ2v) is 4.41. The van der Waals surface area contributed by atoms with Gasteiger partial charge in [0.25, 0.3) is 5.91 Å². The average molecular weight is 266 g/mol. The van der Waals surface area contributed by atoms with Crippen molar-refractivity contribution in [2.45, 2.75) is 25.8 Å². The highest BCUT2D eigenvalue weighted by Gasteiger charge is 2.14. The van der Waals surface area contributed by atoms with E-state index in [9.17, 15) is 4.79 Å². The standard InChI is InChI=1S/C14H22N2O3/c1-4-5-12(9-18-2)16-14(17)10-6-11(15)8-13(7-10)19-3/h6-8,12H,4-5,9,15H2,1-3H3,(H,16,17). The number of hydrogen-bond donors (Lipinski definition) is 2. The van der Waals surface area contributed by atoms with E-state index in [2.05, 4.69) is 12.2 Å². The number of ether oxygens (including phenoxy) is 2. The number of rotatable bonds is 7. The van der Waals surface area contributed by atoms with E-state index in [1.807, 2.05) is 0 Å². The van der Waals surface area contributed by atoms with Crippen LogP contribution in [0.15, 0.2) is 18.2 Å². The van der Waals surface area contributed by atoms with Crippen LogP contribution >= 0.6 is 0 Å². The molecule has 1 unspecified atom stereocenters. The molecule has 0 bridgehead atoms. The van der Waals surface area contributed by atoms with E-state index in [1.165, 1.54) is 0 Å². The summed E-state index contributed by atoms with van der Waals surface area (Å²) in [5.41, 5.74) is 6.73. The molecule has 5 nitrogen and oxygen atoms in total. The lowest BCUT2D eigenvalue weighted by atomic mass is 10.1. The first-order chi connectivity index (χ1) is 9.10. The maximum absolute atomic E-state index is 12.1. The zero-order chi connectivity index (χ0) is 14.3. The van der Waals surface area contributed by atoms with Crippen molar-refractivity contribution in [1.29, 1.82) is 0 Å². The zero-order valence-corrected chi connectivity index (χ0v) is 11.7. The van der Waals surface area contributed by atoms with Gasteiger partial charge in [-0.1, -0.05) is 13.3 Å². The summed E-state index contributed by atoms with van der Waals surface area (Å²) < 4.78 is 10.2. The smallest absolute Gasteiger partial charge is 0.251 e. The molecule has 0 aliphatic heterocycles. The number of nitrogens with two attached hydrogens (primary N) is 1. The summed E-state index contributed by atoms with van der Waals surface area (Å²) in [7, 11) is 3.17. The van der Waals surface area contributed by atoms with E-state index in [0.717, 1.165) is 12.8 Å². The Bertz CT molecular complexity index is 415. The minimum atomic E-state index is -0.166. The summed E-state index contributed by atoms with van der Waals surface area (Å²) in [6.07, 6.45) is 1.85. The minimum Gasteiger partial charge on any atom is -0.497 e. The number of nitrogen functional groups attached to an aromatic ring is 1. The number of benzene rings is 1. The Morgan fingerprint density at radius 1 is 1.37 bits per heavy atom. The highest BCUT2D eigenvalue weighted by atomic mass is 16.5. The molecule has 19 heavy (non-hydrogen) atoms. The number of amides is 1. The van der Waals surface area contributed by atoms with Gasteiger partial charge < -0.3 is 20.5 Å². The van der Waals surface area contributed by atoms with Crippen LogP contribution in [0.25, 0.3) is 0 Å². The predicted octanol–water partition coefficient (Wildman–Crippen LogP) is 1.82. The molecule has 0 saturated carbocycles. The third-order valence-electron chi connectivity index (χ3n) is 2.77. The van der Waals surface area contributed by atoms with Gasteiger partial charge in [0, 0.05) is 24.4 Å². The molecule has 3 N–H and O–H groups in total. The molecule has 1 aromatic carbocycles. The number of methoxy groups -OCH3 is 2. The van der Waals surface area contributed by atoms with Crippen molar-refractivity contribution in [3.63, 3.8) is 0 Å². The predicted molar refractivity (Wildman–Crippen MR) is 75.4 cm³/mol. The van der Waals surface area contributed by atoms with E-state index in [0.29, 0.717) is 23.6 Å². The summed E-state index contributed by atoms with van der Waals surface area (Å²) in [5, 5.41) is 2.94. The van der Waals surface area contributed by atoms with E-state index < -0.39 is 0 Å². The molecular formula is C14H22N2O3. The van der Waals surface area contributed by atoms with Gasteiger partial charge in [-0.15, -0.1) is 0 Å². The molecule has 0 fully saturated rings. The van der Waals surface area contributed by atoms with Gasteiger partial charge >= 0.3 is 0 Å². The van der Waals surface area contributed by atoms with Crippen LogP contribution in [0.2, 0.25) is 0 Å². The van der Waals surface area contributed by atoms with E-state index in [-0.39, 0.29) is 11.9 Å². The van der Waals surface area contributed by atoms with Crippen molar-refractivity contribution >= 4 is 11.6 Å². The van der Waals surface area contributed by atoms with Gasteiger partial charge in [0.1, 0.15) is 5.75 Å². The van der Waals surface area contributed by atoms with Crippen molar-refractivity contribution in [1.82, 2.24) is 5.32 Å². The van der Waals surface area contributed by atoms with Crippen LogP contribution in [0.1, 0.15) is 30.1 Å². The van der Waals surface area contributed by atoms with Gasteiger partial charge in [-0.2, -0.15) is 0 Å². The Balaban J connectivity index is 2.78. The van der Waals surface area contributed by atoms with Gasteiger partial charge in [-0.3, -0.25) is 4.79 Å². The molecule has 1 rings (SSSR count). The highest BCUT2D eigenvalue weighted by Crippen LogP contribution is 2.18. The molecular weight excluding hydrogens is 244 g/mol. The molecule has 1 aromatic rings. The molecule has 0 spiro atoms. The topological polar surface area (TPSA) is 73.6 Å². The fourth-order valence-corrected chi connectivity index (χ4v) is 1.89. The minimum absolute atomic E-state index is 0.00919. The summed E-state index contributed by atoms with van der Waals surface area (Å²) in [6, 6.07) is 4.99. The molecule has 0 saturated heterocycles. The lowest BCUT2D eigenvalue weighted by Crippen LogP contribution is -2.37. The Labute approximate surface area is 114 Å². The van der Waals surface area contributed by atoms with Crippen molar-refractivity contribution in [3.8, 4) is 5.75 Å². The van der Waals surface area contributed by atoms with Gasteiger partial charge in [-0.25, -0.2) is 0 Å². The first kappa shape index (κ1) is 15.3. The van der Waals surface area contributed by atoms with Crippen LogP contribution in [-0.4, -0.2) is 32.8 Å². The van der Waals surface area contributed by atoms with Gasteiger partial charge in [0.2, 0.25) is 0 Å². The molecule has 0 aliphatic carbocycles. The van der Waals surface area contributed by atoms with Gasteiger partial charge in [0.15, 0.2) is 0 Å². The SMILES string of the molecule is CCCC(COC)NC(=O)c1cc(N)cc(OC)c1. The van der Waals surface area contributed by atoms with Crippen LogP contribution in [-0.2, 0) is 4.74 Å². The molecule has 0 aliphatic rings. The number of carbonyl (C=O) groups excluding carboxylic acids is 1. The maximum atomic E-state index is 12.1. The van der Waals surface area contributed by atoms with Crippen LogP contribution in [0, 0.1) is 0 Å². The van der Waals surface area contributed by atoms with Crippen LogP contribution in [0.4, 0.5) is 5.69 Å². The molecule has 5 heteroatoms. The number of carbonyl (C=O) groups is 1. The second kappa shape index (κ2) is 7.63. The molecule has 0 aromatic heterocycles. The van der Waals surface area contributed by atoms with E-state index in [4.69, 9.17) is 15.2 Å². The van der Waals surface area contributed by atoms with Crippen molar-refractivity contribution in [2.24, 2.45) is 0 Å². The van der Waals surface area contributed by atoms with E-state index >= 15 is 0 Å². The average Bonchev–Trinajstić information content (AvgIpc) is 2.38. The molecule has 0 radical (unpaired) electrons. The molecule has 106 valence electrons. The number of anilines is 1. The molecule has 0 heterocycles.